The maximum Gasteiger partial charge on any atom is 0.268 e. The molecule has 1 aromatic heterocycles. The van der Waals surface area contributed by atoms with E-state index in [1.54, 1.807) is 28.1 Å². The molecular weight excluding hydrogens is 461 g/mol. The first kappa shape index (κ1) is 24.0. The van der Waals surface area contributed by atoms with Crippen molar-refractivity contribution in [2.45, 2.75) is 38.1 Å². The van der Waals surface area contributed by atoms with Crippen molar-refractivity contribution in [3.8, 4) is 0 Å². The van der Waals surface area contributed by atoms with E-state index in [4.69, 9.17) is 28.3 Å². The van der Waals surface area contributed by atoms with Gasteiger partial charge in [0.1, 0.15) is 5.69 Å². The molecule has 8 nitrogen and oxygen atoms in total. The van der Waals surface area contributed by atoms with Crippen molar-refractivity contribution in [3.63, 3.8) is 0 Å². The van der Waals surface area contributed by atoms with Gasteiger partial charge >= 0.3 is 0 Å². The Morgan fingerprint density at radius 1 is 1.32 bits per heavy atom. The van der Waals surface area contributed by atoms with E-state index in [1.807, 2.05) is 6.07 Å². The summed E-state index contributed by atoms with van der Waals surface area (Å²) in [6.07, 6.45) is 2.76. The lowest BCUT2D eigenvalue weighted by molar-refractivity contribution is -0.118. The summed E-state index contributed by atoms with van der Waals surface area (Å²) >= 11 is 10.8. The Morgan fingerprint density at radius 3 is 2.74 bits per heavy atom. The van der Waals surface area contributed by atoms with E-state index < -0.39 is 16.7 Å². The average molecular weight is 488 g/mol. The van der Waals surface area contributed by atoms with Crippen molar-refractivity contribution >= 4 is 57.1 Å². The fourth-order valence-electron chi connectivity index (χ4n) is 4.17. The normalized spacial score (nSPS) is 20.5. The SMILES string of the molecule is CC(=O)NCCCC1(NC(=O)c2cc3c(Cl)c(Cl)ccc3n2C)CCCN(S(N)=O)C1. The Bertz CT molecular complexity index is 1030. The molecule has 2 unspecified atom stereocenters. The molecule has 2 atom stereocenters. The van der Waals surface area contributed by atoms with Crippen LogP contribution in [-0.4, -0.2) is 50.1 Å². The molecule has 0 radical (unpaired) electrons. The summed E-state index contributed by atoms with van der Waals surface area (Å²) in [7, 11) is 1.80. The van der Waals surface area contributed by atoms with Gasteiger partial charge in [0, 0.05) is 44.5 Å². The standard InChI is InChI=1S/C20H27Cl2N5O3S/c1-13(28)24-9-3-7-20(8-4-10-27(12-20)31(23)30)25-19(29)17-11-14-16(26(17)2)6-5-15(21)18(14)22/h5-6,11H,3-4,7-10,12,23H2,1-2H3,(H,24,28)(H,25,29). The molecule has 3 rings (SSSR count). The number of nitrogens with zero attached hydrogens (tertiary/aromatic N) is 2. The molecule has 1 fully saturated rings. The fraction of sp³-hybridized carbons (Fsp3) is 0.500. The van der Waals surface area contributed by atoms with Crippen molar-refractivity contribution in [2.75, 3.05) is 19.6 Å². The molecule has 4 N–H and O–H groups in total. The average Bonchev–Trinajstić information content (AvgIpc) is 3.05. The zero-order chi connectivity index (χ0) is 22.8. The number of nitrogens with one attached hydrogen (secondary N) is 2. The van der Waals surface area contributed by atoms with Crippen LogP contribution in [0.5, 0.6) is 0 Å². The van der Waals surface area contributed by atoms with Crippen molar-refractivity contribution in [1.29, 1.82) is 0 Å². The molecule has 170 valence electrons. The summed E-state index contributed by atoms with van der Waals surface area (Å²) < 4.78 is 15.4. The summed E-state index contributed by atoms with van der Waals surface area (Å²) in [4.78, 5) is 24.5. The molecule has 1 aromatic carbocycles. The largest absolute Gasteiger partial charge is 0.356 e. The number of halogens is 2. The number of benzene rings is 1. The van der Waals surface area contributed by atoms with Crippen molar-refractivity contribution in [1.82, 2.24) is 19.5 Å². The van der Waals surface area contributed by atoms with Crippen LogP contribution in [0.1, 0.15) is 43.1 Å². The minimum atomic E-state index is -1.62. The van der Waals surface area contributed by atoms with E-state index >= 15 is 0 Å². The topological polar surface area (TPSA) is 109 Å². The van der Waals surface area contributed by atoms with E-state index in [-0.39, 0.29) is 11.8 Å². The molecule has 2 heterocycles. The van der Waals surface area contributed by atoms with Crippen LogP contribution in [0, 0.1) is 0 Å². The molecular formula is C20H27Cl2N5O3S. The summed E-state index contributed by atoms with van der Waals surface area (Å²) in [6, 6.07) is 5.25. The summed E-state index contributed by atoms with van der Waals surface area (Å²) in [5.74, 6) is -0.354. The van der Waals surface area contributed by atoms with Gasteiger partial charge in [0.25, 0.3) is 5.91 Å². The van der Waals surface area contributed by atoms with Crippen molar-refractivity contribution in [2.24, 2.45) is 12.2 Å². The molecule has 11 heteroatoms. The van der Waals surface area contributed by atoms with Gasteiger partial charge in [0.05, 0.1) is 15.6 Å². The van der Waals surface area contributed by atoms with Crippen LogP contribution in [0.3, 0.4) is 0 Å². The first-order valence-electron chi connectivity index (χ1n) is 10.1. The van der Waals surface area contributed by atoms with Gasteiger partial charge in [-0.1, -0.05) is 23.2 Å². The van der Waals surface area contributed by atoms with Gasteiger partial charge in [0.2, 0.25) is 5.91 Å². The Morgan fingerprint density at radius 2 is 2.06 bits per heavy atom. The Hall–Kier alpha value is -1.65. The quantitative estimate of drug-likeness (QED) is 0.521. The van der Waals surface area contributed by atoms with Crippen LogP contribution >= 0.6 is 23.2 Å². The van der Waals surface area contributed by atoms with E-state index in [1.165, 1.54) is 6.92 Å². The minimum Gasteiger partial charge on any atom is -0.356 e. The van der Waals surface area contributed by atoms with Gasteiger partial charge in [-0.05, 0) is 43.9 Å². The van der Waals surface area contributed by atoms with E-state index in [9.17, 15) is 13.8 Å². The van der Waals surface area contributed by atoms with Crippen LogP contribution in [-0.2, 0) is 23.0 Å². The number of piperidine rings is 1. The second kappa shape index (κ2) is 9.87. The second-order valence-corrected chi connectivity index (χ2v) is 9.80. The third-order valence-electron chi connectivity index (χ3n) is 5.73. The third-order valence-corrected chi connectivity index (χ3v) is 7.37. The van der Waals surface area contributed by atoms with Crippen molar-refractivity contribution in [3.05, 3.63) is 33.9 Å². The number of aromatic nitrogens is 1. The maximum atomic E-state index is 13.3. The van der Waals surface area contributed by atoms with Crippen LogP contribution in [0.2, 0.25) is 10.0 Å². The molecule has 0 spiro atoms. The predicted octanol–water partition coefficient (Wildman–Crippen LogP) is 2.50. The minimum absolute atomic E-state index is 0.0996. The smallest absolute Gasteiger partial charge is 0.268 e. The number of fused-ring (bicyclic) bond motifs is 1. The number of hydrogen-bond acceptors (Lipinski definition) is 3. The van der Waals surface area contributed by atoms with Gasteiger partial charge in [-0.15, -0.1) is 0 Å². The highest BCUT2D eigenvalue weighted by Gasteiger charge is 2.38. The summed E-state index contributed by atoms with van der Waals surface area (Å²) in [6.45, 7) is 2.95. The van der Waals surface area contributed by atoms with Gasteiger partial charge in [-0.25, -0.2) is 13.7 Å². The van der Waals surface area contributed by atoms with Crippen LogP contribution in [0.15, 0.2) is 18.2 Å². The van der Waals surface area contributed by atoms with Crippen LogP contribution in [0.4, 0.5) is 0 Å². The highest BCUT2D eigenvalue weighted by molar-refractivity contribution is 7.80. The second-order valence-electron chi connectivity index (χ2n) is 7.95. The molecule has 0 bridgehead atoms. The number of nitrogens with two attached hydrogens (primary N) is 1. The predicted molar refractivity (Wildman–Crippen MR) is 124 cm³/mol. The number of rotatable bonds is 7. The first-order chi connectivity index (χ1) is 14.6. The number of hydrogen-bond donors (Lipinski definition) is 3. The number of carbonyl (C=O) groups excluding carboxylic acids is 2. The lowest BCUT2D eigenvalue weighted by Gasteiger charge is -2.42. The summed E-state index contributed by atoms with van der Waals surface area (Å²) in [5, 5.41) is 13.1. The highest BCUT2D eigenvalue weighted by Crippen LogP contribution is 2.33. The third kappa shape index (κ3) is 5.40. The molecule has 1 saturated heterocycles. The van der Waals surface area contributed by atoms with Gasteiger partial charge < -0.3 is 15.2 Å². The van der Waals surface area contributed by atoms with E-state index in [0.717, 1.165) is 18.4 Å². The highest BCUT2D eigenvalue weighted by atomic mass is 35.5. The van der Waals surface area contributed by atoms with Gasteiger partial charge in [-0.2, -0.15) is 0 Å². The Kier molecular flexibility index (Phi) is 7.64. The maximum absolute atomic E-state index is 13.3. The molecule has 31 heavy (non-hydrogen) atoms. The van der Waals surface area contributed by atoms with Gasteiger partial charge in [-0.3, -0.25) is 9.59 Å². The lowest BCUT2D eigenvalue weighted by Crippen LogP contribution is -2.59. The number of amides is 2. The molecule has 2 aromatic rings. The van der Waals surface area contributed by atoms with Crippen LogP contribution < -0.4 is 15.8 Å². The fourth-order valence-corrected chi connectivity index (χ4v) is 5.24. The number of aryl methyl sites for hydroxylation is 1. The molecule has 0 aliphatic carbocycles. The molecule has 0 saturated carbocycles. The van der Waals surface area contributed by atoms with E-state index in [2.05, 4.69) is 10.6 Å². The Balaban J connectivity index is 1.86. The molecule has 2 amide bonds. The molecule has 1 aliphatic rings. The summed E-state index contributed by atoms with van der Waals surface area (Å²) in [5.41, 5.74) is 0.639. The first-order valence-corrected chi connectivity index (χ1v) is 12.0. The molecule has 1 aliphatic heterocycles. The monoisotopic (exact) mass is 487 g/mol. The Labute approximate surface area is 194 Å². The van der Waals surface area contributed by atoms with Crippen LogP contribution in [0.25, 0.3) is 10.9 Å². The lowest BCUT2D eigenvalue weighted by atomic mass is 9.85. The number of carbonyl (C=O) groups is 2. The zero-order valence-corrected chi connectivity index (χ0v) is 19.9. The zero-order valence-electron chi connectivity index (χ0n) is 17.5. The van der Waals surface area contributed by atoms with Crippen molar-refractivity contribution < 1.29 is 13.8 Å². The van der Waals surface area contributed by atoms with Gasteiger partial charge in [0.15, 0.2) is 11.2 Å². The van der Waals surface area contributed by atoms with E-state index in [0.29, 0.717) is 53.6 Å².